The first-order valence-electron chi connectivity index (χ1n) is 7.05. The first-order chi connectivity index (χ1) is 9.10. The third-order valence-corrected chi connectivity index (χ3v) is 3.94. The third kappa shape index (κ3) is 3.49. The summed E-state index contributed by atoms with van der Waals surface area (Å²) < 4.78 is 5.13. The molecule has 106 valence electrons. The number of nitrogens with zero attached hydrogens (tertiary/aromatic N) is 2. The van der Waals surface area contributed by atoms with Gasteiger partial charge in [0.1, 0.15) is 5.82 Å². The molecule has 0 aliphatic heterocycles. The first kappa shape index (κ1) is 13.9. The summed E-state index contributed by atoms with van der Waals surface area (Å²) >= 11 is 0. The number of nitrogens with two attached hydrogens (primary N) is 1. The van der Waals surface area contributed by atoms with Gasteiger partial charge in [-0.25, -0.2) is 0 Å². The van der Waals surface area contributed by atoms with Crippen LogP contribution >= 0.6 is 0 Å². The Hall–Kier alpha value is -1.52. The van der Waals surface area contributed by atoms with Gasteiger partial charge in [0, 0.05) is 12.1 Å². The van der Waals surface area contributed by atoms with Crippen LogP contribution < -0.4 is 15.8 Å². The molecule has 1 aromatic rings. The number of anilines is 2. The van der Waals surface area contributed by atoms with Gasteiger partial charge in [-0.2, -0.15) is 9.97 Å². The van der Waals surface area contributed by atoms with Crippen molar-refractivity contribution in [1.82, 2.24) is 9.97 Å². The van der Waals surface area contributed by atoms with Crippen molar-refractivity contribution in [3.63, 3.8) is 0 Å². The summed E-state index contributed by atoms with van der Waals surface area (Å²) in [4.78, 5) is 8.25. The Kier molecular flexibility index (Phi) is 4.45. The van der Waals surface area contributed by atoms with Gasteiger partial charge in [0.15, 0.2) is 0 Å². The van der Waals surface area contributed by atoms with E-state index in [2.05, 4.69) is 29.1 Å². The van der Waals surface area contributed by atoms with Gasteiger partial charge in [-0.05, 0) is 24.7 Å². The van der Waals surface area contributed by atoms with Crippen LogP contribution in [0.4, 0.5) is 11.8 Å². The Bertz CT molecular complexity index is 422. The molecule has 19 heavy (non-hydrogen) atoms. The highest BCUT2D eigenvalue weighted by Crippen LogP contribution is 2.32. The van der Waals surface area contributed by atoms with Crippen LogP contribution in [-0.4, -0.2) is 23.1 Å². The SMILES string of the molecule is COc1cc(NC2CCCCC2C(C)C)nc(N)n1. The Morgan fingerprint density at radius 2 is 2.05 bits per heavy atom. The molecule has 5 heteroatoms. The summed E-state index contributed by atoms with van der Waals surface area (Å²) in [5.74, 6) is 2.89. The average molecular weight is 264 g/mol. The van der Waals surface area contributed by atoms with Crippen LogP contribution in [0.2, 0.25) is 0 Å². The molecule has 2 rings (SSSR count). The van der Waals surface area contributed by atoms with E-state index >= 15 is 0 Å². The van der Waals surface area contributed by atoms with E-state index in [0.717, 1.165) is 5.82 Å². The molecule has 1 aliphatic rings. The maximum atomic E-state index is 5.69. The standard InChI is InChI=1S/C14H24N4O/c1-9(2)10-6-4-5-7-11(10)16-12-8-13(19-3)18-14(15)17-12/h8-11H,4-7H2,1-3H3,(H3,15,16,17,18). The second-order valence-electron chi connectivity index (χ2n) is 5.60. The van der Waals surface area contributed by atoms with E-state index in [1.165, 1.54) is 25.7 Å². The maximum absolute atomic E-state index is 5.69. The minimum absolute atomic E-state index is 0.249. The van der Waals surface area contributed by atoms with E-state index < -0.39 is 0 Å². The van der Waals surface area contributed by atoms with Crippen LogP contribution in [-0.2, 0) is 0 Å². The van der Waals surface area contributed by atoms with Gasteiger partial charge in [0.05, 0.1) is 7.11 Å². The Labute approximate surface area is 115 Å². The highest BCUT2D eigenvalue weighted by atomic mass is 16.5. The predicted octanol–water partition coefficient (Wildman–Crippen LogP) is 2.69. The second kappa shape index (κ2) is 6.08. The summed E-state index contributed by atoms with van der Waals surface area (Å²) in [5.41, 5.74) is 5.69. The monoisotopic (exact) mass is 264 g/mol. The van der Waals surface area contributed by atoms with Crippen molar-refractivity contribution in [1.29, 1.82) is 0 Å². The lowest BCUT2D eigenvalue weighted by atomic mass is 9.78. The molecule has 1 aromatic heterocycles. The summed E-state index contributed by atoms with van der Waals surface area (Å²) in [7, 11) is 1.59. The molecule has 1 saturated carbocycles. The van der Waals surface area contributed by atoms with E-state index in [1.807, 2.05) is 6.07 Å². The van der Waals surface area contributed by atoms with Crippen molar-refractivity contribution < 1.29 is 4.74 Å². The largest absolute Gasteiger partial charge is 0.481 e. The highest BCUT2D eigenvalue weighted by Gasteiger charge is 2.27. The third-order valence-electron chi connectivity index (χ3n) is 3.94. The van der Waals surface area contributed by atoms with E-state index in [-0.39, 0.29) is 5.95 Å². The van der Waals surface area contributed by atoms with E-state index in [0.29, 0.717) is 23.8 Å². The topological polar surface area (TPSA) is 73.1 Å². The minimum Gasteiger partial charge on any atom is -0.481 e. The van der Waals surface area contributed by atoms with Gasteiger partial charge in [0.25, 0.3) is 0 Å². The van der Waals surface area contributed by atoms with Crippen LogP contribution in [0.1, 0.15) is 39.5 Å². The molecule has 3 N–H and O–H groups in total. The molecule has 0 saturated heterocycles. The normalized spacial score (nSPS) is 23.4. The number of hydrogen-bond donors (Lipinski definition) is 2. The van der Waals surface area contributed by atoms with E-state index in [9.17, 15) is 0 Å². The van der Waals surface area contributed by atoms with Gasteiger partial charge >= 0.3 is 0 Å². The molecule has 2 unspecified atom stereocenters. The number of methoxy groups -OCH3 is 1. The zero-order chi connectivity index (χ0) is 13.8. The van der Waals surface area contributed by atoms with Gasteiger partial charge in [0.2, 0.25) is 11.8 Å². The minimum atomic E-state index is 0.249. The average Bonchev–Trinajstić information content (AvgIpc) is 2.38. The number of nitrogen functional groups attached to an aromatic ring is 1. The number of ether oxygens (including phenoxy) is 1. The van der Waals surface area contributed by atoms with Crippen molar-refractivity contribution in [3.05, 3.63) is 6.07 Å². The van der Waals surface area contributed by atoms with Crippen LogP contribution in [0.25, 0.3) is 0 Å². The molecule has 0 radical (unpaired) electrons. The zero-order valence-electron chi connectivity index (χ0n) is 12.0. The quantitative estimate of drug-likeness (QED) is 0.874. The zero-order valence-corrected chi connectivity index (χ0v) is 12.0. The van der Waals surface area contributed by atoms with Crippen molar-refractivity contribution in [2.45, 2.75) is 45.6 Å². The van der Waals surface area contributed by atoms with Crippen molar-refractivity contribution in [2.75, 3.05) is 18.2 Å². The molecular formula is C14H24N4O. The molecular weight excluding hydrogens is 240 g/mol. The lowest BCUT2D eigenvalue weighted by Gasteiger charge is -2.35. The molecule has 0 bridgehead atoms. The molecule has 1 fully saturated rings. The molecule has 1 aliphatic carbocycles. The fraction of sp³-hybridized carbons (Fsp3) is 0.714. The van der Waals surface area contributed by atoms with Crippen molar-refractivity contribution in [2.24, 2.45) is 11.8 Å². The van der Waals surface area contributed by atoms with Gasteiger partial charge in [-0.1, -0.05) is 26.7 Å². The Morgan fingerprint density at radius 1 is 1.32 bits per heavy atom. The van der Waals surface area contributed by atoms with Gasteiger partial charge in [-0.15, -0.1) is 0 Å². The Morgan fingerprint density at radius 3 is 2.74 bits per heavy atom. The fourth-order valence-corrected chi connectivity index (χ4v) is 2.95. The summed E-state index contributed by atoms with van der Waals surface area (Å²) in [6.07, 6.45) is 5.08. The maximum Gasteiger partial charge on any atom is 0.225 e. The number of hydrogen-bond acceptors (Lipinski definition) is 5. The summed E-state index contributed by atoms with van der Waals surface area (Å²) in [6, 6.07) is 2.27. The molecule has 5 nitrogen and oxygen atoms in total. The molecule has 0 amide bonds. The smallest absolute Gasteiger partial charge is 0.225 e. The predicted molar refractivity (Wildman–Crippen MR) is 77.2 cm³/mol. The van der Waals surface area contributed by atoms with Crippen LogP contribution in [0.5, 0.6) is 5.88 Å². The van der Waals surface area contributed by atoms with Gasteiger partial charge < -0.3 is 15.8 Å². The lowest BCUT2D eigenvalue weighted by Crippen LogP contribution is -2.35. The van der Waals surface area contributed by atoms with Crippen LogP contribution in [0, 0.1) is 11.8 Å². The van der Waals surface area contributed by atoms with E-state index in [4.69, 9.17) is 10.5 Å². The molecule has 2 atom stereocenters. The second-order valence-corrected chi connectivity index (χ2v) is 5.60. The van der Waals surface area contributed by atoms with Crippen LogP contribution in [0.15, 0.2) is 6.07 Å². The number of rotatable bonds is 4. The molecule has 0 spiro atoms. The molecule has 0 aromatic carbocycles. The van der Waals surface area contributed by atoms with Crippen molar-refractivity contribution >= 4 is 11.8 Å². The van der Waals surface area contributed by atoms with E-state index in [1.54, 1.807) is 7.11 Å². The molecule has 1 heterocycles. The summed E-state index contributed by atoms with van der Waals surface area (Å²) in [5, 5.41) is 3.52. The Balaban J connectivity index is 2.12. The fourth-order valence-electron chi connectivity index (χ4n) is 2.95. The first-order valence-corrected chi connectivity index (χ1v) is 7.05. The summed E-state index contributed by atoms with van der Waals surface area (Å²) in [6.45, 7) is 4.58. The number of aromatic nitrogens is 2. The number of nitrogens with one attached hydrogen (secondary N) is 1. The van der Waals surface area contributed by atoms with Gasteiger partial charge in [-0.3, -0.25) is 0 Å². The van der Waals surface area contributed by atoms with Crippen molar-refractivity contribution in [3.8, 4) is 5.88 Å². The van der Waals surface area contributed by atoms with Crippen LogP contribution in [0.3, 0.4) is 0 Å². The lowest BCUT2D eigenvalue weighted by molar-refractivity contribution is 0.253. The highest BCUT2D eigenvalue weighted by molar-refractivity contribution is 5.43.